The summed E-state index contributed by atoms with van der Waals surface area (Å²) in [6.45, 7) is -0.362. The van der Waals surface area contributed by atoms with Gasteiger partial charge in [0, 0.05) is 13.0 Å². The fourth-order valence-corrected chi connectivity index (χ4v) is 2.38. The number of rotatable bonds is 5. The Kier molecular flexibility index (Phi) is 4.75. The normalized spacial score (nSPS) is 12.6. The Hall–Kier alpha value is -1.35. The van der Waals surface area contributed by atoms with Crippen LogP contribution in [0.25, 0.3) is 0 Å². The highest BCUT2D eigenvalue weighted by Gasteiger charge is 2.26. The van der Waals surface area contributed by atoms with Gasteiger partial charge in [-0.1, -0.05) is 0 Å². The molecule has 1 aromatic carbocycles. The summed E-state index contributed by atoms with van der Waals surface area (Å²) in [4.78, 5) is -0.293. The summed E-state index contributed by atoms with van der Waals surface area (Å²) in [6.07, 6.45) is -5.79. The van der Waals surface area contributed by atoms with Gasteiger partial charge in [-0.05, 0) is 24.6 Å². The quantitative estimate of drug-likeness (QED) is 0.496. The van der Waals surface area contributed by atoms with E-state index in [1.807, 2.05) is 4.72 Å². The third kappa shape index (κ3) is 5.03. The molecule has 108 valence electrons. The van der Waals surface area contributed by atoms with E-state index in [9.17, 15) is 26.0 Å². The van der Waals surface area contributed by atoms with Gasteiger partial charge >= 0.3 is 6.18 Å². The Balaban J connectivity index is 2.63. The molecule has 0 aliphatic carbocycles. The van der Waals surface area contributed by atoms with Gasteiger partial charge in [-0.2, -0.15) is 13.2 Å². The van der Waals surface area contributed by atoms with Crippen molar-refractivity contribution in [3.63, 3.8) is 0 Å². The number of nitrogens with two attached hydrogens (primary N) is 1. The van der Waals surface area contributed by atoms with Gasteiger partial charge in [0.05, 0.1) is 10.6 Å². The molecular weight excluding hydrogens is 288 g/mol. The van der Waals surface area contributed by atoms with Crippen LogP contribution in [0.5, 0.6) is 0 Å². The molecule has 0 atom stereocenters. The number of alkyl halides is 3. The smallest absolute Gasteiger partial charge is 0.389 e. The molecule has 0 aliphatic rings. The third-order valence-electron chi connectivity index (χ3n) is 2.21. The minimum atomic E-state index is -4.33. The van der Waals surface area contributed by atoms with Gasteiger partial charge in [0.1, 0.15) is 5.82 Å². The summed E-state index contributed by atoms with van der Waals surface area (Å²) in [5.74, 6) is -0.768. The van der Waals surface area contributed by atoms with Crippen molar-refractivity contribution in [2.24, 2.45) is 0 Å². The summed E-state index contributed by atoms with van der Waals surface area (Å²) in [7, 11) is -3.98. The highest BCUT2D eigenvalue weighted by atomic mass is 32.2. The summed E-state index contributed by atoms with van der Waals surface area (Å²) in [5.41, 5.74) is 4.86. The number of nitrogen functional groups attached to an aromatic ring is 1. The molecule has 4 nitrogen and oxygen atoms in total. The van der Waals surface area contributed by atoms with Crippen LogP contribution in [0.4, 0.5) is 23.2 Å². The van der Waals surface area contributed by atoms with Crippen LogP contribution in [0, 0.1) is 5.82 Å². The second-order valence-electron chi connectivity index (χ2n) is 3.80. The average Bonchev–Trinajstić information content (AvgIpc) is 2.27. The van der Waals surface area contributed by atoms with E-state index < -0.39 is 28.4 Å². The van der Waals surface area contributed by atoms with Gasteiger partial charge < -0.3 is 5.73 Å². The van der Waals surface area contributed by atoms with E-state index in [1.165, 1.54) is 0 Å². The molecule has 19 heavy (non-hydrogen) atoms. The fraction of sp³-hybridized carbons (Fsp3) is 0.400. The number of anilines is 1. The lowest BCUT2D eigenvalue weighted by molar-refractivity contribution is -0.135. The largest absolute Gasteiger partial charge is 0.396 e. The zero-order valence-corrected chi connectivity index (χ0v) is 10.5. The van der Waals surface area contributed by atoms with Crippen LogP contribution in [0.15, 0.2) is 23.1 Å². The summed E-state index contributed by atoms with van der Waals surface area (Å²) < 4.78 is 73.7. The number of hydrogen-bond donors (Lipinski definition) is 2. The van der Waals surface area contributed by atoms with Crippen LogP contribution in [-0.4, -0.2) is 21.1 Å². The van der Waals surface area contributed by atoms with Gasteiger partial charge in [-0.3, -0.25) is 0 Å². The standard InChI is InChI=1S/C10H12F4N2O2S/c11-8-3-2-7(6-9(8)15)19(17,18)16-5-1-4-10(12,13)14/h2-3,6,16H,1,4-5,15H2. The molecule has 1 rings (SSSR count). The minimum Gasteiger partial charge on any atom is -0.396 e. The number of benzene rings is 1. The monoisotopic (exact) mass is 300 g/mol. The number of halogens is 4. The Bertz CT molecular complexity index is 543. The summed E-state index contributed by atoms with van der Waals surface area (Å²) in [6, 6.07) is 2.76. The Labute approximate surface area is 107 Å². The molecule has 0 fully saturated rings. The van der Waals surface area contributed by atoms with Crippen LogP contribution in [0.1, 0.15) is 12.8 Å². The lowest BCUT2D eigenvalue weighted by Crippen LogP contribution is -2.26. The highest BCUT2D eigenvalue weighted by Crippen LogP contribution is 2.21. The zero-order chi connectivity index (χ0) is 14.7. The van der Waals surface area contributed by atoms with Crippen molar-refractivity contribution in [2.45, 2.75) is 23.9 Å². The highest BCUT2D eigenvalue weighted by molar-refractivity contribution is 7.89. The molecule has 0 saturated heterocycles. The second-order valence-corrected chi connectivity index (χ2v) is 5.57. The molecule has 0 bridgehead atoms. The Morgan fingerprint density at radius 2 is 1.89 bits per heavy atom. The van der Waals surface area contributed by atoms with Crippen molar-refractivity contribution >= 4 is 15.7 Å². The van der Waals surface area contributed by atoms with Crippen LogP contribution in [-0.2, 0) is 10.0 Å². The molecule has 3 N–H and O–H groups in total. The van der Waals surface area contributed by atoms with Crippen LogP contribution in [0.2, 0.25) is 0 Å². The lowest BCUT2D eigenvalue weighted by Gasteiger charge is -2.09. The molecule has 9 heteroatoms. The predicted molar refractivity (Wildman–Crippen MR) is 61.3 cm³/mol. The molecular formula is C10H12F4N2O2S. The van der Waals surface area contributed by atoms with Gasteiger partial charge in [0.25, 0.3) is 0 Å². The molecule has 0 saturated carbocycles. The van der Waals surface area contributed by atoms with Crippen molar-refractivity contribution in [3.8, 4) is 0 Å². The van der Waals surface area contributed by atoms with Gasteiger partial charge in [0.15, 0.2) is 0 Å². The Morgan fingerprint density at radius 3 is 2.42 bits per heavy atom. The maximum atomic E-state index is 12.9. The van der Waals surface area contributed by atoms with Crippen molar-refractivity contribution in [1.82, 2.24) is 4.72 Å². The fourth-order valence-electron chi connectivity index (χ4n) is 1.27. The van der Waals surface area contributed by atoms with E-state index >= 15 is 0 Å². The van der Waals surface area contributed by atoms with Crippen LogP contribution >= 0.6 is 0 Å². The number of hydrogen-bond acceptors (Lipinski definition) is 3. The predicted octanol–water partition coefficient (Wildman–Crippen LogP) is 2.03. The first kappa shape index (κ1) is 15.7. The van der Waals surface area contributed by atoms with E-state index in [2.05, 4.69) is 0 Å². The van der Waals surface area contributed by atoms with E-state index in [0.717, 1.165) is 18.2 Å². The molecule has 0 radical (unpaired) electrons. The topological polar surface area (TPSA) is 72.2 Å². The number of nitrogens with one attached hydrogen (secondary N) is 1. The van der Waals surface area contributed by atoms with Gasteiger partial charge in [0.2, 0.25) is 10.0 Å². The van der Waals surface area contributed by atoms with Crippen LogP contribution in [0.3, 0.4) is 0 Å². The first-order valence-electron chi connectivity index (χ1n) is 5.23. The van der Waals surface area contributed by atoms with E-state index in [4.69, 9.17) is 5.73 Å². The average molecular weight is 300 g/mol. The van der Waals surface area contributed by atoms with Crippen molar-refractivity contribution in [3.05, 3.63) is 24.0 Å². The third-order valence-corrected chi connectivity index (χ3v) is 3.67. The zero-order valence-electron chi connectivity index (χ0n) is 9.67. The molecule has 1 aromatic rings. The van der Waals surface area contributed by atoms with Crippen molar-refractivity contribution in [1.29, 1.82) is 0 Å². The number of sulfonamides is 1. The molecule has 0 heterocycles. The van der Waals surface area contributed by atoms with Gasteiger partial charge in [-0.25, -0.2) is 17.5 Å². The van der Waals surface area contributed by atoms with Crippen molar-refractivity contribution < 1.29 is 26.0 Å². The first-order valence-corrected chi connectivity index (χ1v) is 6.71. The van der Waals surface area contributed by atoms with E-state index in [0.29, 0.717) is 0 Å². The summed E-state index contributed by atoms with van der Waals surface area (Å²) >= 11 is 0. The summed E-state index contributed by atoms with van der Waals surface area (Å²) in [5, 5.41) is 0. The Morgan fingerprint density at radius 1 is 1.26 bits per heavy atom. The molecule has 0 unspecified atom stereocenters. The van der Waals surface area contributed by atoms with E-state index in [1.54, 1.807) is 0 Å². The van der Waals surface area contributed by atoms with Crippen LogP contribution < -0.4 is 10.5 Å². The molecule has 0 amide bonds. The maximum Gasteiger partial charge on any atom is 0.389 e. The lowest BCUT2D eigenvalue weighted by atomic mass is 10.3. The first-order chi connectivity index (χ1) is 8.62. The SMILES string of the molecule is Nc1cc(S(=O)(=O)NCCCC(F)(F)F)ccc1F. The maximum absolute atomic E-state index is 12.9. The molecule has 0 aromatic heterocycles. The minimum absolute atomic E-state index is 0.293. The second kappa shape index (κ2) is 5.74. The van der Waals surface area contributed by atoms with Gasteiger partial charge in [-0.15, -0.1) is 0 Å². The van der Waals surface area contributed by atoms with E-state index in [-0.39, 0.29) is 23.5 Å². The molecule has 0 aliphatic heterocycles. The molecule has 0 spiro atoms. The van der Waals surface area contributed by atoms with Crippen molar-refractivity contribution in [2.75, 3.05) is 12.3 Å².